The van der Waals surface area contributed by atoms with Crippen LogP contribution in [0, 0.1) is 0 Å². The normalized spacial score (nSPS) is 25.8. The summed E-state index contributed by atoms with van der Waals surface area (Å²) in [6, 6.07) is 0. The van der Waals surface area contributed by atoms with E-state index in [4.69, 9.17) is 0 Å². The third-order valence-electron chi connectivity index (χ3n) is 2.00. The molecule has 66 valence electrons. The molecule has 1 N–H and O–H groups in total. The van der Waals surface area contributed by atoms with E-state index in [9.17, 15) is 0 Å². The van der Waals surface area contributed by atoms with Gasteiger partial charge in [0.2, 0.25) is 0 Å². The van der Waals surface area contributed by atoms with Crippen LogP contribution in [0.15, 0.2) is 36.5 Å². The molecule has 0 amide bonds. The van der Waals surface area contributed by atoms with Crippen LogP contribution in [-0.2, 0) is 0 Å². The van der Waals surface area contributed by atoms with Crippen LogP contribution in [0.3, 0.4) is 0 Å². The number of rotatable bonds is 2. The molecule has 0 aliphatic carbocycles. The molecule has 1 nitrogen and oxygen atoms in total. The van der Waals surface area contributed by atoms with Crippen molar-refractivity contribution in [1.29, 1.82) is 0 Å². The monoisotopic (exact) mass is 163 g/mol. The molecule has 1 heterocycles. The van der Waals surface area contributed by atoms with Crippen molar-refractivity contribution in [2.24, 2.45) is 0 Å². The first-order valence-corrected chi connectivity index (χ1v) is 4.58. The first-order valence-electron chi connectivity index (χ1n) is 4.58. The number of hydrogen-bond acceptors (Lipinski definition) is 1. The van der Waals surface area contributed by atoms with Gasteiger partial charge in [-0.25, -0.2) is 0 Å². The Morgan fingerprint density at radius 2 is 2.33 bits per heavy atom. The minimum atomic E-state index is 0.994. The average molecular weight is 163 g/mol. The molecule has 12 heavy (non-hydrogen) atoms. The predicted molar refractivity (Wildman–Crippen MR) is 54.1 cm³/mol. The van der Waals surface area contributed by atoms with Crippen LogP contribution in [0.1, 0.15) is 19.3 Å². The van der Waals surface area contributed by atoms with Crippen molar-refractivity contribution in [3.63, 3.8) is 0 Å². The third kappa shape index (κ3) is 3.54. The van der Waals surface area contributed by atoms with Crippen molar-refractivity contribution < 1.29 is 0 Å². The van der Waals surface area contributed by atoms with E-state index in [1.807, 2.05) is 6.08 Å². The van der Waals surface area contributed by atoms with E-state index < -0.39 is 0 Å². The third-order valence-corrected chi connectivity index (χ3v) is 2.00. The second-order valence-corrected chi connectivity index (χ2v) is 3.02. The van der Waals surface area contributed by atoms with Gasteiger partial charge in [0.1, 0.15) is 0 Å². The summed E-state index contributed by atoms with van der Waals surface area (Å²) in [6.07, 6.45) is 12.1. The molecule has 0 aromatic heterocycles. The van der Waals surface area contributed by atoms with E-state index in [-0.39, 0.29) is 0 Å². The van der Waals surface area contributed by atoms with Gasteiger partial charge in [0.25, 0.3) is 0 Å². The molecule has 0 aromatic carbocycles. The summed E-state index contributed by atoms with van der Waals surface area (Å²) in [4.78, 5) is 0. The lowest BCUT2D eigenvalue weighted by Crippen LogP contribution is -2.12. The molecule has 0 saturated carbocycles. The van der Waals surface area contributed by atoms with Crippen LogP contribution in [0.25, 0.3) is 0 Å². The Morgan fingerprint density at radius 1 is 1.42 bits per heavy atom. The highest BCUT2D eigenvalue weighted by Crippen LogP contribution is 2.10. The van der Waals surface area contributed by atoms with Gasteiger partial charge in [-0.1, -0.05) is 29.9 Å². The van der Waals surface area contributed by atoms with Crippen molar-refractivity contribution in [2.45, 2.75) is 19.3 Å². The quantitative estimate of drug-likeness (QED) is 0.616. The zero-order chi connectivity index (χ0) is 8.65. The van der Waals surface area contributed by atoms with Crippen molar-refractivity contribution >= 4 is 0 Å². The zero-order valence-electron chi connectivity index (χ0n) is 7.55. The Kier molecular flexibility index (Phi) is 4.47. The van der Waals surface area contributed by atoms with Crippen molar-refractivity contribution in [1.82, 2.24) is 5.32 Å². The Bertz CT molecular complexity index is 189. The number of hydrogen-bond donors (Lipinski definition) is 1. The lowest BCUT2D eigenvalue weighted by Gasteiger charge is -2.01. The van der Waals surface area contributed by atoms with Gasteiger partial charge >= 0.3 is 0 Å². The van der Waals surface area contributed by atoms with E-state index in [2.05, 4.69) is 30.1 Å². The molecule has 1 aliphatic heterocycles. The second-order valence-electron chi connectivity index (χ2n) is 3.02. The molecule has 0 atom stereocenters. The van der Waals surface area contributed by atoms with Crippen LogP contribution in [0.2, 0.25) is 0 Å². The standard InChI is InChI=1S/C11H17N/c1-2-6-11-7-4-3-5-9-12-10-8-11/h2-3,5,8,12H,1,4,6-7,9-10H2/b5-3+,11-8+. The summed E-state index contributed by atoms with van der Waals surface area (Å²) < 4.78 is 0. The van der Waals surface area contributed by atoms with E-state index in [0.717, 1.165) is 19.5 Å². The van der Waals surface area contributed by atoms with E-state index >= 15 is 0 Å². The fourth-order valence-corrected chi connectivity index (χ4v) is 1.33. The first kappa shape index (κ1) is 9.27. The summed E-state index contributed by atoms with van der Waals surface area (Å²) in [5.41, 5.74) is 1.50. The van der Waals surface area contributed by atoms with Gasteiger partial charge in [0.05, 0.1) is 0 Å². The van der Waals surface area contributed by atoms with Crippen molar-refractivity contribution in [3.05, 3.63) is 36.5 Å². The Labute approximate surface area is 74.9 Å². The van der Waals surface area contributed by atoms with Gasteiger partial charge in [0.15, 0.2) is 0 Å². The largest absolute Gasteiger partial charge is 0.310 e. The molecule has 0 radical (unpaired) electrons. The highest BCUT2D eigenvalue weighted by atomic mass is 14.8. The predicted octanol–water partition coefficient (Wildman–Crippen LogP) is 2.43. The van der Waals surface area contributed by atoms with Crippen LogP contribution >= 0.6 is 0 Å². The van der Waals surface area contributed by atoms with E-state index in [0.29, 0.717) is 0 Å². The molecule has 1 rings (SSSR count). The molecule has 1 aliphatic rings. The zero-order valence-corrected chi connectivity index (χ0v) is 7.55. The van der Waals surface area contributed by atoms with Crippen LogP contribution in [-0.4, -0.2) is 13.1 Å². The first-order chi connectivity index (χ1) is 5.93. The molecular formula is C11H17N. The SMILES string of the molecule is C=CC/C1=C\CNC/C=C/CC1. The van der Waals surface area contributed by atoms with Crippen LogP contribution in [0.5, 0.6) is 0 Å². The number of nitrogens with one attached hydrogen (secondary N) is 1. The van der Waals surface area contributed by atoms with Gasteiger partial charge in [-0.3, -0.25) is 0 Å². The molecule has 0 aromatic rings. The van der Waals surface area contributed by atoms with E-state index in [1.54, 1.807) is 0 Å². The Morgan fingerprint density at radius 3 is 3.17 bits per heavy atom. The highest BCUT2D eigenvalue weighted by Gasteiger charge is 1.94. The summed E-state index contributed by atoms with van der Waals surface area (Å²) >= 11 is 0. The molecule has 0 fully saturated rings. The Hall–Kier alpha value is -0.820. The molecule has 0 unspecified atom stereocenters. The maximum Gasteiger partial charge on any atom is 0.0140 e. The lowest BCUT2D eigenvalue weighted by atomic mass is 10.1. The van der Waals surface area contributed by atoms with Gasteiger partial charge in [-0.05, 0) is 19.3 Å². The fraction of sp³-hybridized carbons (Fsp3) is 0.455. The minimum absolute atomic E-state index is 0.994. The van der Waals surface area contributed by atoms with Crippen LogP contribution < -0.4 is 5.32 Å². The van der Waals surface area contributed by atoms with Gasteiger partial charge in [-0.2, -0.15) is 0 Å². The smallest absolute Gasteiger partial charge is 0.0140 e. The molecule has 0 bridgehead atoms. The van der Waals surface area contributed by atoms with Crippen LogP contribution in [0.4, 0.5) is 0 Å². The summed E-state index contributed by atoms with van der Waals surface area (Å²) in [6.45, 7) is 5.74. The highest BCUT2D eigenvalue weighted by molar-refractivity contribution is 5.09. The number of allylic oxidation sites excluding steroid dienone is 3. The molecular weight excluding hydrogens is 146 g/mol. The lowest BCUT2D eigenvalue weighted by molar-refractivity contribution is 0.836. The fourth-order valence-electron chi connectivity index (χ4n) is 1.33. The van der Waals surface area contributed by atoms with Gasteiger partial charge in [-0.15, -0.1) is 6.58 Å². The second kappa shape index (κ2) is 5.78. The maximum atomic E-state index is 3.75. The maximum absolute atomic E-state index is 3.75. The molecule has 1 heteroatoms. The van der Waals surface area contributed by atoms with E-state index in [1.165, 1.54) is 18.4 Å². The summed E-state index contributed by atoms with van der Waals surface area (Å²) in [5, 5.41) is 3.32. The van der Waals surface area contributed by atoms with Crippen molar-refractivity contribution in [2.75, 3.05) is 13.1 Å². The molecule has 0 spiro atoms. The minimum Gasteiger partial charge on any atom is -0.310 e. The average Bonchev–Trinajstić information content (AvgIpc) is 2.19. The molecule has 0 saturated heterocycles. The van der Waals surface area contributed by atoms with Gasteiger partial charge < -0.3 is 5.32 Å². The van der Waals surface area contributed by atoms with Gasteiger partial charge in [0, 0.05) is 13.1 Å². The van der Waals surface area contributed by atoms with Crippen molar-refractivity contribution in [3.8, 4) is 0 Å². The summed E-state index contributed by atoms with van der Waals surface area (Å²) in [5.74, 6) is 0. The summed E-state index contributed by atoms with van der Waals surface area (Å²) in [7, 11) is 0. The Balaban J connectivity index is 2.45. The topological polar surface area (TPSA) is 12.0 Å².